The second-order valence-electron chi connectivity index (χ2n) is 5.98. The average molecular weight is 300 g/mol. The fourth-order valence-corrected chi connectivity index (χ4v) is 2.72. The summed E-state index contributed by atoms with van der Waals surface area (Å²) in [5.41, 5.74) is 1.11. The third kappa shape index (κ3) is 3.44. The first-order valence-corrected chi connectivity index (χ1v) is 8.02. The van der Waals surface area contributed by atoms with Crippen LogP contribution in [0.15, 0.2) is 30.9 Å². The lowest BCUT2D eigenvalue weighted by Crippen LogP contribution is -2.33. The molecule has 1 aliphatic heterocycles. The maximum Gasteiger partial charge on any atom is 0.225 e. The molecule has 1 aliphatic rings. The molecule has 0 radical (unpaired) electrons. The third-order valence-electron chi connectivity index (χ3n) is 4.37. The predicted molar refractivity (Wildman–Crippen MR) is 86.7 cm³/mol. The third-order valence-corrected chi connectivity index (χ3v) is 4.37. The number of aromatic nitrogens is 4. The van der Waals surface area contributed by atoms with Gasteiger partial charge in [0.15, 0.2) is 0 Å². The molecule has 1 saturated heterocycles. The normalized spacial score (nSPS) is 17.6. The van der Waals surface area contributed by atoms with E-state index in [0.717, 1.165) is 31.1 Å². The summed E-state index contributed by atoms with van der Waals surface area (Å²) in [5.74, 6) is 0.860. The number of anilines is 1. The highest BCUT2D eigenvalue weighted by molar-refractivity contribution is 5.30. The molecule has 118 valence electrons. The van der Waals surface area contributed by atoms with Crippen molar-refractivity contribution in [1.82, 2.24) is 25.1 Å². The first-order chi connectivity index (χ1) is 10.7. The fourth-order valence-electron chi connectivity index (χ4n) is 2.72. The zero-order chi connectivity index (χ0) is 15.4. The molecule has 3 rings (SSSR count). The van der Waals surface area contributed by atoms with E-state index in [2.05, 4.69) is 39.1 Å². The topological polar surface area (TPSA) is 58.9 Å². The van der Waals surface area contributed by atoms with E-state index in [0.29, 0.717) is 12.1 Å². The van der Waals surface area contributed by atoms with Crippen LogP contribution >= 0.6 is 0 Å². The summed E-state index contributed by atoms with van der Waals surface area (Å²) in [6, 6.07) is 2.58. The number of nitrogens with one attached hydrogen (secondary N) is 1. The molecular weight excluding hydrogens is 276 g/mol. The molecule has 0 unspecified atom stereocenters. The molecule has 6 nitrogen and oxygen atoms in total. The second-order valence-corrected chi connectivity index (χ2v) is 5.98. The van der Waals surface area contributed by atoms with Gasteiger partial charge in [-0.2, -0.15) is 5.10 Å². The molecule has 1 fully saturated rings. The Morgan fingerprint density at radius 2 is 1.91 bits per heavy atom. The standard InChI is InChI=1S/C16H24N6/c1-13(14(2)22-9-5-6-20-22)17-10-15-11-18-16(19-12-15)21-7-3-4-8-21/h5-6,9,11-14,17H,3-4,7-8,10H2,1-2H3/t13-,14+/m0/s1. The van der Waals surface area contributed by atoms with Gasteiger partial charge < -0.3 is 10.2 Å². The van der Waals surface area contributed by atoms with Crippen molar-refractivity contribution in [1.29, 1.82) is 0 Å². The Labute approximate surface area is 131 Å². The predicted octanol–water partition coefficient (Wildman–Crippen LogP) is 2.01. The maximum atomic E-state index is 4.49. The Hall–Kier alpha value is -1.95. The zero-order valence-corrected chi connectivity index (χ0v) is 13.3. The van der Waals surface area contributed by atoms with Gasteiger partial charge in [-0.15, -0.1) is 0 Å². The van der Waals surface area contributed by atoms with E-state index in [1.54, 1.807) is 0 Å². The Morgan fingerprint density at radius 3 is 2.55 bits per heavy atom. The van der Waals surface area contributed by atoms with E-state index in [9.17, 15) is 0 Å². The first-order valence-electron chi connectivity index (χ1n) is 8.02. The zero-order valence-electron chi connectivity index (χ0n) is 13.3. The van der Waals surface area contributed by atoms with Gasteiger partial charge >= 0.3 is 0 Å². The van der Waals surface area contributed by atoms with Gasteiger partial charge in [0, 0.05) is 56.0 Å². The van der Waals surface area contributed by atoms with E-state index in [-0.39, 0.29) is 0 Å². The minimum Gasteiger partial charge on any atom is -0.341 e. The summed E-state index contributed by atoms with van der Waals surface area (Å²) in [6.07, 6.45) is 10.2. The van der Waals surface area contributed by atoms with Crippen LogP contribution in [0.4, 0.5) is 5.95 Å². The second kappa shape index (κ2) is 6.87. The van der Waals surface area contributed by atoms with E-state index in [1.807, 2.05) is 35.5 Å². The van der Waals surface area contributed by atoms with E-state index < -0.39 is 0 Å². The van der Waals surface area contributed by atoms with Crippen LogP contribution in [0.2, 0.25) is 0 Å². The molecule has 2 aromatic heterocycles. The summed E-state index contributed by atoms with van der Waals surface area (Å²) >= 11 is 0. The molecule has 0 bridgehead atoms. The molecule has 6 heteroatoms. The van der Waals surface area contributed by atoms with Gasteiger partial charge in [0.25, 0.3) is 0 Å². The van der Waals surface area contributed by atoms with Crippen molar-refractivity contribution in [3.8, 4) is 0 Å². The highest BCUT2D eigenvalue weighted by atomic mass is 15.3. The van der Waals surface area contributed by atoms with Gasteiger partial charge in [0.1, 0.15) is 0 Å². The summed E-state index contributed by atoms with van der Waals surface area (Å²) in [5, 5.41) is 7.82. The number of hydrogen-bond donors (Lipinski definition) is 1. The fraction of sp³-hybridized carbons (Fsp3) is 0.562. The summed E-state index contributed by atoms with van der Waals surface area (Å²) in [6.45, 7) is 7.27. The largest absolute Gasteiger partial charge is 0.341 e. The van der Waals surface area contributed by atoms with Crippen molar-refractivity contribution in [2.75, 3.05) is 18.0 Å². The Kier molecular flexibility index (Phi) is 4.68. The van der Waals surface area contributed by atoms with Crippen molar-refractivity contribution >= 4 is 5.95 Å². The number of hydrogen-bond acceptors (Lipinski definition) is 5. The Morgan fingerprint density at radius 1 is 1.18 bits per heavy atom. The molecule has 2 aromatic rings. The van der Waals surface area contributed by atoms with Crippen LogP contribution in [0.25, 0.3) is 0 Å². The summed E-state index contributed by atoms with van der Waals surface area (Å²) in [4.78, 5) is 11.2. The highest BCUT2D eigenvalue weighted by Gasteiger charge is 2.15. The van der Waals surface area contributed by atoms with Crippen LogP contribution in [0, 0.1) is 0 Å². The van der Waals surface area contributed by atoms with Crippen LogP contribution in [-0.2, 0) is 6.54 Å². The van der Waals surface area contributed by atoms with Gasteiger partial charge in [0.05, 0.1) is 6.04 Å². The molecule has 0 aliphatic carbocycles. The molecular formula is C16H24N6. The van der Waals surface area contributed by atoms with E-state index >= 15 is 0 Å². The molecule has 1 N–H and O–H groups in total. The summed E-state index contributed by atoms with van der Waals surface area (Å²) in [7, 11) is 0. The minimum absolute atomic E-state index is 0.305. The minimum atomic E-state index is 0.305. The van der Waals surface area contributed by atoms with Crippen molar-refractivity contribution in [3.05, 3.63) is 36.4 Å². The van der Waals surface area contributed by atoms with Crippen LogP contribution in [0.5, 0.6) is 0 Å². The van der Waals surface area contributed by atoms with Crippen molar-refractivity contribution in [2.45, 2.75) is 45.3 Å². The molecule has 22 heavy (non-hydrogen) atoms. The quantitative estimate of drug-likeness (QED) is 0.884. The highest BCUT2D eigenvalue weighted by Crippen LogP contribution is 2.15. The SMILES string of the molecule is C[C@H](NCc1cnc(N2CCCC2)nc1)[C@@H](C)n1cccn1. The van der Waals surface area contributed by atoms with Crippen LogP contribution in [-0.4, -0.2) is 38.9 Å². The molecule has 0 amide bonds. The molecule has 3 heterocycles. The summed E-state index contributed by atoms with van der Waals surface area (Å²) < 4.78 is 1.98. The van der Waals surface area contributed by atoms with Gasteiger partial charge in [-0.25, -0.2) is 9.97 Å². The Balaban J connectivity index is 1.52. The molecule has 0 aromatic carbocycles. The van der Waals surface area contributed by atoms with E-state index in [4.69, 9.17) is 0 Å². The lowest BCUT2D eigenvalue weighted by Gasteiger charge is -2.22. The number of nitrogens with zero attached hydrogens (tertiary/aromatic N) is 5. The average Bonchev–Trinajstić information content (AvgIpc) is 3.25. The van der Waals surface area contributed by atoms with Crippen LogP contribution in [0.1, 0.15) is 38.3 Å². The maximum absolute atomic E-state index is 4.49. The van der Waals surface area contributed by atoms with Gasteiger partial charge in [-0.3, -0.25) is 4.68 Å². The van der Waals surface area contributed by atoms with Gasteiger partial charge in [-0.1, -0.05) is 0 Å². The number of rotatable bonds is 6. The smallest absolute Gasteiger partial charge is 0.225 e. The van der Waals surface area contributed by atoms with E-state index in [1.165, 1.54) is 12.8 Å². The van der Waals surface area contributed by atoms with Gasteiger partial charge in [-0.05, 0) is 32.8 Å². The Bertz CT molecular complexity index is 559. The van der Waals surface area contributed by atoms with Gasteiger partial charge in [0.2, 0.25) is 5.95 Å². The lowest BCUT2D eigenvalue weighted by atomic mass is 10.1. The van der Waals surface area contributed by atoms with Crippen molar-refractivity contribution in [2.24, 2.45) is 0 Å². The monoisotopic (exact) mass is 300 g/mol. The van der Waals surface area contributed by atoms with Crippen LogP contribution in [0.3, 0.4) is 0 Å². The molecule has 0 spiro atoms. The molecule has 2 atom stereocenters. The molecule has 0 saturated carbocycles. The van der Waals surface area contributed by atoms with Crippen LogP contribution < -0.4 is 10.2 Å². The van der Waals surface area contributed by atoms with Crippen molar-refractivity contribution in [3.63, 3.8) is 0 Å². The van der Waals surface area contributed by atoms with Crippen molar-refractivity contribution < 1.29 is 0 Å². The first kappa shape index (κ1) is 15.0. The lowest BCUT2D eigenvalue weighted by molar-refractivity contribution is 0.365.